The molecule has 0 atom stereocenters. The molecule has 0 radical (unpaired) electrons. The molecule has 0 amide bonds. The van der Waals surface area contributed by atoms with Crippen LogP contribution in [-0.2, 0) is 0 Å². The standard InChI is InChI=1S/C21H32/c1-8-9-10-11-12-19(6)14-15-20(7)21(18(4)5)16-13-17(2)3/h12-16H,4,7-11H2,1-3,5-6H3/b15-14-,19-12-,21-16+. The fourth-order valence-electron chi connectivity index (χ4n) is 1.89. The van der Waals surface area contributed by atoms with Gasteiger partial charge >= 0.3 is 0 Å². The highest BCUT2D eigenvalue weighted by Crippen LogP contribution is 2.19. The van der Waals surface area contributed by atoms with Crippen LogP contribution in [0.2, 0.25) is 0 Å². The van der Waals surface area contributed by atoms with Gasteiger partial charge in [0, 0.05) is 0 Å². The summed E-state index contributed by atoms with van der Waals surface area (Å²) in [6.45, 7) is 18.8. The van der Waals surface area contributed by atoms with E-state index >= 15 is 0 Å². The molecule has 116 valence electrons. The van der Waals surface area contributed by atoms with Crippen LogP contribution in [0.3, 0.4) is 0 Å². The van der Waals surface area contributed by atoms with E-state index < -0.39 is 0 Å². The van der Waals surface area contributed by atoms with Gasteiger partial charge in [-0.2, -0.15) is 0 Å². The fraction of sp³-hybridized carbons (Fsp3) is 0.429. The number of rotatable bonds is 9. The van der Waals surface area contributed by atoms with Crippen molar-refractivity contribution in [2.75, 3.05) is 0 Å². The van der Waals surface area contributed by atoms with Gasteiger partial charge in [-0.15, -0.1) is 0 Å². The van der Waals surface area contributed by atoms with E-state index in [4.69, 9.17) is 0 Å². The molecule has 0 nitrogen and oxygen atoms in total. The van der Waals surface area contributed by atoms with Crippen molar-refractivity contribution in [1.82, 2.24) is 0 Å². The number of hydrogen-bond donors (Lipinski definition) is 0. The first kappa shape index (κ1) is 19.4. The average Bonchev–Trinajstić information content (AvgIpc) is 2.40. The van der Waals surface area contributed by atoms with E-state index in [-0.39, 0.29) is 0 Å². The summed E-state index contributed by atoms with van der Waals surface area (Å²) in [6, 6.07) is 0. The Kier molecular flexibility index (Phi) is 10.3. The lowest BCUT2D eigenvalue weighted by Gasteiger charge is -2.06. The van der Waals surface area contributed by atoms with Gasteiger partial charge in [0.05, 0.1) is 0 Å². The second kappa shape index (κ2) is 11.1. The molecule has 0 saturated carbocycles. The van der Waals surface area contributed by atoms with Crippen molar-refractivity contribution < 1.29 is 0 Å². The molecule has 0 aromatic heterocycles. The second-order valence-corrected chi connectivity index (χ2v) is 5.91. The van der Waals surface area contributed by atoms with E-state index in [0.717, 1.165) is 23.1 Å². The predicted molar refractivity (Wildman–Crippen MR) is 98.5 cm³/mol. The van der Waals surface area contributed by atoms with Crippen LogP contribution in [0.25, 0.3) is 0 Å². The molecule has 0 bridgehead atoms. The van der Waals surface area contributed by atoms with Gasteiger partial charge in [0.2, 0.25) is 0 Å². The Morgan fingerprint density at radius 3 is 2.10 bits per heavy atom. The average molecular weight is 284 g/mol. The first-order chi connectivity index (χ1) is 9.88. The molecule has 0 unspecified atom stereocenters. The van der Waals surface area contributed by atoms with Gasteiger partial charge in [-0.3, -0.25) is 0 Å². The summed E-state index contributed by atoms with van der Waals surface area (Å²) >= 11 is 0. The third-order valence-electron chi connectivity index (χ3n) is 3.21. The molecule has 0 aliphatic heterocycles. The zero-order chi connectivity index (χ0) is 16.3. The first-order valence-electron chi connectivity index (χ1n) is 7.93. The Labute approximate surface area is 132 Å². The summed E-state index contributed by atoms with van der Waals surface area (Å²) in [4.78, 5) is 0. The molecular weight excluding hydrogens is 252 g/mol. The predicted octanol–water partition coefficient (Wildman–Crippen LogP) is 7.09. The van der Waals surface area contributed by atoms with E-state index in [2.05, 4.69) is 71.2 Å². The van der Waals surface area contributed by atoms with E-state index in [1.807, 2.05) is 6.92 Å². The summed E-state index contributed by atoms with van der Waals surface area (Å²) in [7, 11) is 0. The minimum absolute atomic E-state index is 1.02. The molecule has 21 heavy (non-hydrogen) atoms. The van der Waals surface area contributed by atoms with Gasteiger partial charge in [-0.25, -0.2) is 0 Å². The van der Waals surface area contributed by atoms with Crippen LogP contribution in [0.5, 0.6) is 0 Å². The highest BCUT2D eigenvalue weighted by Gasteiger charge is 1.99. The fourth-order valence-corrected chi connectivity index (χ4v) is 1.89. The number of hydrogen-bond acceptors (Lipinski definition) is 0. The summed E-state index contributed by atoms with van der Waals surface area (Å²) in [5.41, 5.74) is 5.76. The van der Waals surface area contributed by atoms with Crippen LogP contribution >= 0.6 is 0 Å². The topological polar surface area (TPSA) is 0 Å². The Morgan fingerprint density at radius 2 is 1.57 bits per heavy atom. The molecule has 0 heterocycles. The van der Waals surface area contributed by atoms with E-state index in [1.54, 1.807) is 0 Å². The third-order valence-corrected chi connectivity index (χ3v) is 3.21. The zero-order valence-electron chi connectivity index (χ0n) is 14.6. The molecular formula is C21H32. The highest BCUT2D eigenvalue weighted by atomic mass is 14.0. The highest BCUT2D eigenvalue weighted by molar-refractivity contribution is 5.51. The van der Waals surface area contributed by atoms with Crippen LogP contribution in [0.1, 0.15) is 60.3 Å². The van der Waals surface area contributed by atoms with E-state index in [1.165, 1.54) is 30.4 Å². The Balaban J connectivity index is 4.76. The van der Waals surface area contributed by atoms with Gasteiger partial charge in [0.25, 0.3) is 0 Å². The van der Waals surface area contributed by atoms with Gasteiger partial charge in [-0.1, -0.05) is 80.0 Å². The SMILES string of the molecule is C=C(C)/C(=C\C=C(C)C)C(=C)/C=C\C(C)=C/CCCCC. The van der Waals surface area contributed by atoms with Crippen LogP contribution in [0.15, 0.2) is 71.4 Å². The minimum Gasteiger partial charge on any atom is -0.0955 e. The lowest BCUT2D eigenvalue weighted by Crippen LogP contribution is -1.87. The Morgan fingerprint density at radius 1 is 0.905 bits per heavy atom. The maximum atomic E-state index is 4.16. The molecule has 0 saturated heterocycles. The van der Waals surface area contributed by atoms with Crippen molar-refractivity contribution in [1.29, 1.82) is 0 Å². The van der Waals surface area contributed by atoms with Gasteiger partial charge in [0.1, 0.15) is 0 Å². The minimum atomic E-state index is 1.02. The van der Waals surface area contributed by atoms with Crippen LogP contribution in [-0.4, -0.2) is 0 Å². The van der Waals surface area contributed by atoms with Crippen molar-refractivity contribution >= 4 is 0 Å². The van der Waals surface area contributed by atoms with Gasteiger partial charge in [0.15, 0.2) is 0 Å². The Bertz CT molecular complexity index is 460. The summed E-state index contributed by atoms with van der Waals surface area (Å²) < 4.78 is 0. The zero-order valence-corrected chi connectivity index (χ0v) is 14.6. The molecule has 0 N–H and O–H groups in total. The van der Waals surface area contributed by atoms with Crippen molar-refractivity contribution in [3.05, 3.63) is 71.4 Å². The van der Waals surface area contributed by atoms with Crippen molar-refractivity contribution in [2.24, 2.45) is 0 Å². The lowest BCUT2D eigenvalue weighted by atomic mass is 9.99. The van der Waals surface area contributed by atoms with Crippen LogP contribution < -0.4 is 0 Å². The number of allylic oxidation sites excluding steroid dienone is 10. The third kappa shape index (κ3) is 9.90. The normalized spacial score (nSPS) is 12.6. The number of unbranched alkanes of at least 4 members (excludes halogenated alkanes) is 3. The molecule has 0 spiro atoms. The molecule has 0 aliphatic rings. The van der Waals surface area contributed by atoms with Crippen molar-refractivity contribution in [3.63, 3.8) is 0 Å². The molecule has 0 fully saturated rings. The lowest BCUT2D eigenvalue weighted by molar-refractivity contribution is 0.728. The van der Waals surface area contributed by atoms with Crippen molar-refractivity contribution in [2.45, 2.75) is 60.3 Å². The molecule has 0 heteroatoms. The van der Waals surface area contributed by atoms with E-state index in [0.29, 0.717) is 0 Å². The second-order valence-electron chi connectivity index (χ2n) is 5.91. The molecule has 0 aromatic rings. The summed E-state index contributed by atoms with van der Waals surface area (Å²) in [6.07, 6.45) is 15.8. The smallest absolute Gasteiger partial charge is 0.0167 e. The monoisotopic (exact) mass is 284 g/mol. The maximum Gasteiger partial charge on any atom is -0.0167 e. The van der Waals surface area contributed by atoms with Crippen molar-refractivity contribution in [3.8, 4) is 0 Å². The van der Waals surface area contributed by atoms with Crippen LogP contribution in [0, 0.1) is 0 Å². The molecule has 0 aliphatic carbocycles. The first-order valence-corrected chi connectivity index (χ1v) is 7.93. The molecule has 0 aromatic carbocycles. The maximum absolute atomic E-state index is 4.16. The van der Waals surface area contributed by atoms with Crippen LogP contribution in [0.4, 0.5) is 0 Å². The Hall–Kier alpha value is -1.56. The van der Waals surface area contributed by atoms with E-state index in [9.17, 15) is 0 Å². The van der Waals surface area contributed by atoms with Gasteiger partial charge in [-0.05, 0) is 51.7 Å². The quantitative estimate of drug-likeness (QED) is 0.313. The summed E-state index contributed by atoms with van der Waals surface area (Å²) in [5.74, 6) is 0. The largest absolute Gasteiger partial charge is 0.0955 e. The summed E-state index contributed by atoms with van der Waals surface area (Å²) in [5, 5.41) is 0. The molecule has 0 rings (SSSR count). The van der Waals surface area contributed by atoms with Gasteiger partial charge < -0.3 is 0 Å².